The Kier molecular flexibility index (Phi) is 10.6. The van der Waals surface area contributed by atoms with Crippen LogP contribution in [0, 0.1) is 0 Å². The lowest BCUT2D eigenvalue weighted by Crippen LogP contribution is -2.65. The summed E-state index contributed by atoms with van der Waals surface area (Å²) in [6.07, 6.45) is 1.21. The van der Waals surface area contributed by atoms with Crippen LogP contribution in [0.5, 0.6) is 0 Å². The van der Waals surface area contributed by atoms with Crippen molar-refractivity contribution in [1.29, 1.82) is 0 Å². The van der Waals surface area contributed by atoms with Crippen molar-refractivity contribution in [2.24, 2.45) is 22.9 Å². The van der Waals surface area contributed by atoms with E-state index >= 15 is 0 Å². The van der Waals surface area contributed by atoms with Gasteiger partial charge in [-0.15, -0.1) is 0 Å². The molecule has 0 aromatic heterocycles. The van der Waals surface area contributed by atoms with E-state index in [-0.39, 0.29) is 19.8 Å². The molecular weight excluding hydrogens is 264 g/mol. The van der Waals surface area contributed by atoms with E-state index in [1.165, 1.54) is 6.26 Å². The molecule has 0 spiro atoms. The normalized spacial score (nSPS) is 17.2. The first-order valence-electron chi connectivity index (χ1n) is 6.54. The van der Waals surface area contributed by atoms with Gasteiger partial charge in [0.25, 0.3) is 0 Å². The predicted molar refractivity (Wildman–Crippen MR) is 76.8 cm³/mol. The molecule has 9 N–H and O–H groups in total. The van der Waals surface area contributed by atoms with Crippen LogP contribution >= 0.6 is 0 Å². The van der Waals surface area contributed by atoms with Crippen molar-refractivity contribution in [3.8, 4) is 0 Å². The van der Waals surface area contributed by atoms with Gasteiger partial charge in [0.2, 0.25) is 0 Å². The van der Waals surface area contributed by atoms with Gasteiger partial charge in [-0.2, -0.15) is 0 Å². The molecule has 0 rings (SSSR count). The third kappa shape index (κ3) is 6.62. The highest BCUT2D eigenvalue weighted by Crippen LogP contribution is 2.15. The topological polar surface area (TPSA) is 152 Å². The zero-order valence-corrected chi connectivity index (χ0v) is 11.9. The average Bonchev–Trinajstić information content (AvgIpc) is 2.44. The lowest BCUT2D eigenvalue weighted by Gasteiger charge is -2.37. The number of ether oxygens (including phenoxy) is 3. The summed E-state index contributed by atoms with van der Waals surface area (Å²) in [7, 11) is 0. The summed E-state index contributed by atoms with van der Waals surface area (Å²) in [5.74, 6) is 0. The van der Waals surface area contributed by atoms with Crippen molar-refractivity contribution in [3.63, 3.8) is 0 Å². The summed E-state index contributed by atoms with van der Waals surface area (Å²) in [5, 5.41) is 10.6. The van der Waals surface area contributed by atoms with Crippen molar-refractivity contribution < 1.29 is 19.3 Å². The highest BCUT2D eigenvalue weighted by atomic mass is 16.5. The fraction of sp³-hybridized carbons (Fsp3) is 0.833. The van der Waals surface area contributed by atoms with E-state index < -0.39 is 17.7 Å². The Hall–Kier alpha value is -0.740. The van der Waals surface area contributed by atoms with E-state index in [9.17, 15) is 5.11 Å². The number of hydrogen-bond donors (Lipinski definition) is 5. The molecule has 0 fully saturated rings. The Morgan fingerprint density at radius 1 is 1.05 bits per heavy atom. The van der Waals surface area contributed by atoms with Crippen molar-refractivity contribution in [1.82, 2.24) is 0 Å². The van der Waals surface area contributed by atoms with Gasteiger partial charge in [0.1, 0.15) is 12.2 Å². The van der Waals surface area contributed by atoms with Crippen molar-refractivity contribution in [2.75, 3.05) is 46.1 Å². The predicted octanol–water partition coefficient (Wildman–Crippen LogP) is -2.52. The van der Waals surface area contributed by atoms with Gasteiger partial charge in [-0.3, -0.25) is 0 Å². The molecule has 0 bridgehead atoms. The molecule has 0 aliphatic rings. The van der Waals surface area contributed by atoms with Crippen LogP contribution in [0.15, 0.2) is 12.8 Å². The fourth-order valence-corrected chi connectivity index (χ4v) is 1.56. The maximum Gasteiger partial charge on any atom is 0.133 e. The van der Waals surface area contributed by atoms with E-state index in [0.29, 0.717) is 26.3 Å². The second-order valence-electron chi connectivity index (χ2n) is 4.41. The van der Waals surface area contributed by atoms with Crippen LogP contribution in [-0.4, -0.2) is 68.9 Å². The second kappa shape index (κ2) is 11.0. The number of nitrogens with two attached hydrogens (primary N) is 4. The van der Waals surface area contributed by atoms with Gasteiger partial charge in [0.15, 0.2) is 0 Å². The minimum Gasteiger partial charge on any atom is -0.499 e. The molecule has 8 heteroatoms. The van der Waals surface area contributed by atoms with Gasteiger partial charge in [0, 0.05) is 13.1 Å². The third-order valence-electron chi connectivity index (χ3n) is 2.84. The van der Waals surface area contributed by atoms with Crippen molar-refractivity contribution in [2.45, 2.75) is 17.7 Å². The van der Waals surface area contributed by atoms with Gasteiger partial charge in [-0.1, -0.05) is 6.58 Å². The van der Waals surface area contributed by atoms with E-state index in [1.807, 2.05) is 0 Å². The molecule has 0 amide bonds. The fourth-order valence-electron chi connectivity index (χ4n) is 1.56. The number of aliphatic hydroxyl groups is 1. The summed E-state index contributed by atoms with van der Waals surface area (Å²) in [6, 6.07) is -1.49. The van der Waals surface area contributed by atoms with Crippen LogP contribution in [0.4, 0.5) is 0 Å². The summed E-state index contributed by atoms with van der Waals surface area (Å²) < 4.78 is 15.5. The quantitative estimate of drug-likeness (QED) is 0.184. The molecule has 120 valence electrons. The minimum absolute atomic E-state index is 0.100. The molecule has 2 unspecified atom stereocenters. The molecule has 0 aliphatic carbocycles. The first-order valence-corrected chi connectivity index (χ1v) is 6.54. The van der Waals surface area contributed by atoms with Crippen LogP contribution in [0.25, 0.3) is 0 Å². The Morgan fingerprint density at radius 2 is 1.50 bits per heavy atom. The van der Waals surface area contributed by atoms with Gasteiger partial charge < -0.3 is 42.3 Å². The summed E-state index contributed by atoms with van der Waals surface area (Å²) >= 11 is 0. The molecule has 0 heterocycles. The molecule has 0 aliphatic heterocycles. The summed E-state index contributed by atoms with van der Waals surface area (Å²) in [5.41, 5.74) is 21.0. The zero-order chi connectivity index (χ0) is 15.4. The Morgan fingerprint density at radius 3 is 1.85 bits per heavy atom. The number of rotatable bonds is 13. The Labute approximate surface area is 120 Å². The SMILES string of the molecule is C=COCC(O)(C(N)COCCN)C(N)COCCN. The standard InChI is InChI=1S/C12H28N4O4/c1-2-18-9-12(17,10(15)7-19-5-3-13)11(16)8-20-6-4-14/h2,10-11,17H,1,3-9,13-16H2. The Bertz CT molecular complexity index is 240. The van der Waals surface area contributed by atoms with Crippen LogP contribution in [-0.2, 0) is 14.2 Å². The molecule has 8 nitrogen and oxygen atoms in total. The largest absolute Gasteiger partial charge is 0.499 e. The molecule has 2 atom stereocenters. The Balaban J connectivity index is 4.55. The van der Waals surface area contributed by atoms with Crippen LogP contribution in [0.3, 0.4) is 0 Å². The van der Waals surface area contributed by atoms with Crippen molar-refractivity contribution >= 4 is 0 Å². The summed E-state index contributed by atoms with van der Waals surface area (Å²) in [6.45, 7) is 5.00. The molecule has 20 heavy (non-hydrogen) atoms. The molecule has 0 aromatic rings. The van der Waals surface area contributed by atoms with E-state index in [2.05, 4.69) is 6.58 Å². The maximum absolute atomic E-state index is 10.6. The molecular formula is C12H28N4O4. The van der Waals surface area contributed by atoms with Gasteiger partial charge in [-0.25, -0.2) is 0 Å². The highest BCUT2D eigenvalue weighted by molar-refractivity contribution is 4.98. The van der Waals surface area contributed by atoms with E-state index in [4.69, 9.17) is 37.1 Å². The smallest absolute Gasteiger partial charge is 0.133 e. The van der Waals surface area contributed by atoms with Gasteiger partial charge >= 0.3 is 0 Å². The van der Waals surface area contributed by atoms with Gasteiger partial charge in [0.05, 0.1) is 44.8 Å². The lowest BCUT2D eigenvalue weighted by atomic mass is 9.88. The first-order chi connectivity index (χ1) is 9.52. The van der Waals surface area contributed by atoms with Crippen LogP contribution in [0.1, 0.15) is 0 Å². The van der Waals surface area contributed by atoms with Crippen LogP contribution in [0.2, 0.25) is 0 Å². The highest BCUT2D eigenvalue weighted by Gasteiger charge is 2.41. The first kappa shape index (κ1) is 19.3. The molecule has 0 aromatic carbocycles. The minimum atomic E-state index is -1.50. The second-order valence-corrected chi connectivity index (χ2v) is 4.41. The third-order valence-corrected chi connectivity index (χ3v) is 2.84. The average molecular weight is 292 g/mol. The zero-order valence-electron chi connectivity index (χ0n) is 11.9. The number of hydrogen-bond acceptors (Lipinski definition) is 8. The molecule has 0 saturated carbocycles. The van der Waals surface area contributed by atoms with E-state index in [1.54, 1.807) is 0 Å². The monoisotopic (exact) mass is 292 g/mol. The van der Waals surface area contributed by atoms with Crippen LogP contribution < -0.4 is 22.9 Å². The lowest BCUT2D eigenvalue weighted by molar-refractivity contribution is -0.0897. The van der Waals surface area contributed by atoms with E-state index in [0.717, 1.165) is 0 Å². The molecule has 0 radical (unpaired) electrons. The van der Waals surface area contributed by atoms with Gasteiger partial charge in [-0.05, 0) is 0 Å². The summed E-state index contributed by atoms with van der Waals surface area (Å²) in [4.78, 5) is 0. The van der Waals surface area contributed by atoms with Crippen molar-refractivity contribution in [3.05, 3.63) is 12.8 Å². The molecule has 0 saturated heterocycles. The maximum atomic E-state index is 10.6.